The molecule has 0 radical (unpaired) electrons. The molecule has 0 saturated heterocycles. The highest BCUT2D eigenvalue weighted by atomic mass is 19.1. The van der Waals surface area contributed by atoms with E-state index in [4.69, 9.17) is 10.8 Å². The lowest BCUT2D eigenvalue weighted by Crippen LogP contribution is -2.32. The smallest absolute Gasteiger partial charge is 0.320 e. The van der Waals surface area contributed by atoms with Crippen LogP contribution in [0.2, 0.25) is 0 Å². The van der Waals surface area contributed by atoms with E-state index in [1.54, 1.807) is 0 Å². The third-order valence-electron chi connectivity index (χ3n) is 2.12. The summed E-state index contributed by atoms with van der Waals surface area (Å²) in [4.78, 5) is 10.5. The Bertz CT molecular complexity index is 387. The number of halogens is 2. The van der Waals surface area contributed by atoms with Gasteiger partial charge in [0.05, 0.1) is 0 Å². The normalized spacial score (nSPS) is 12.2. The highest BCUT2D eigenvalue weighted by molar-refractivity contribution is 5.73. The minimum Gasteiger partial charge on any atom is -0.480 e. The molecule has 16 heavy (non-hydrogen) atoms. The summed E-state index contributed by atoms with van der Waals surface area (Å²) < 4.78 is 26.5. The summed E-state index contributed by atoms with van der Waals surface area (Å²) in [6.07, 6.45) is -0.118. The van der Waals surface area contributed by atoms with Gasteiger partial charge in [-0.1, -0.05) is 0 Å². The zero-order valence-electron chi connectivity index (χ0n) is 8.63. The average molecular weight is 230 g/mol. The molecule has 1 atom stereocenters. The van der Waals surface area contributed by atoms with E-state index in [-0.39, 0.29) is 17.7 Å². The first-order chi connectivity index (χ1) is 7.45. The van der Waals surface area contributed by atoms with E-state index in [0.717, 1.165) is 12.1 Å². The predicted octanol–water partition coefficient (Wildman–Crippen LogP) is 0.961. The summed E-state index contributed by atoms with van der Waals surface area (Å²) in [5, 5.41) is 10.9. The van der Waals surface area contributed by atoms with Gasteiger partial charge in [-0.05, 0) is 24.1 Å². The van der Waals surface area contributed by atoms with E-state index in [1.807, 2.05) is 0 Å². The summed E-state index contributed by atoms with van der Waals surface area (Å²) in [5.74, 6) is -2.75. The molecular weight excluding hydrogens is 218 g/mol. The number of benzene rings is 1. The van der Waals surface area contributed by atoms with E-state index >= 15 is 0 Å². The maximum Gasteiger partial charge on any atom is 0.320 e. The van der Waals surface area contributed by atoms with Gasteiger partial charge in [0.2, 0.25) is 0 Å². The van der Waals surface area contributed by atoms with Gasteiger partial charge in [-0.3, -0.25) is 4.79 Å². The number of hydrogen-bond acceptors (Lipinski definition) is 3. The first-order valence-corrected chi connectivity index (χ1v) is 4.59. The average Bonchev–Trinajstić information content (AvgIpc) is 2.16. The summed E-state index contributed by atoms with van der Waals surface area (Å²) in [5.41, 5.74) is 5.23. The molecule has 1 aromatic carbocycles. The number of aliphatic carboxylic acids is 1. The first-order valence-electron chi connectivity index (χ1n) is 4.59. The molecule has 1 aromatic rings. The molecule has 0 aliphatic heterocycles. The summed E-state index contributed by atoms with van der Waals surface area (Å²) in [7, 11) is 1.39. The van der Waals surface area contributed by atoms with Crippen LogP contribution in [0.15, 0.2) is 12.1 Å². The van der Waals surface area contributed by atoms with Crippen molar-refractivity contribution in [3.63, 3.8) is 0 Å². The fourth-order valence-corrected chi connectivity index (χ4v) is 1.32. The number of anilines is 1. The Morgan fingerprint density at radius 1 is 1.50 bits per heavy atom. The Balaban J connectivity index is 2.96. The van der Waals surface area contributed by atoms with Crippen molar-refractivity contribution in [2.45, 2.75) is 12.5 Å². The molecule has 4 nitrogen and oxygen atoms in total. The van der Waals surface area contributed by atoms with Crippen LogP contribution in [0.25, 0.3) is 0 Å². The van der Waals surface area contributed by atoms with Crippen LogP contribution in [0.4, 0.5) is 14.5 Å². The van der Waals surface area contributed by atoms with Crippen LogP contribution in [0, 0.1) is 11.6 Å². The zero-order chi connectivity index (χ0) is 12.3. The monoisotopic (exact) mass is 230 g/mol. The molecule has 1 unspecified atom stereocenters. The van der Waals surface area contributed by atoms with E-state index in [1.165, 1.54) is 7.05 Å². The number of nitrogens with two attached hydrogens (primary N) is 1. The largest absolute Gasteiger partial charge is 0.480 e. The second-order valence-electron chi connectivity index (χ2n) is 3.33. The van der Waals surface area contributed by atoms with Crippen LogP contribution in [-0.4, -0.2) is 24.2 Å². The van der Waals surface area contributed by atoms with Gasteiger partial charge in [0.15, 0.2) is 0 Å². The van der Waals surface area contributed by atoms with E-state index in [0.29, 0.717) is 0 Å². The SMILES string of the molecule is CNc1c(F)cc(CC(N)C(=O)O)cc1F. The van der Waals surface area contributed by atoms with E-state index in [9.17, 15) is 13.6 Å². The molecule has 1 rings (SSSR count). The maximum atomic E-state index is 13.3. The van der Waals surface area contributed by atoms with Gasteiger partial charge in [-0.15, -0.1) is 0 Å². The number of rotatable bonds is 4. The number of carboxylic acid groups (broad SMARTS) is 1. The number of carboxylic acids is 1. The summed E-state index contributed by atoms with van der Waals surface area (Å²) in [6.45, 7) is 0. The third-order valence-corrected chi connectivity index (χ3v) is 2.12. The molecule has 0 aliphatic carbocycles. The molecule has 0 spiro atoms. The molecule has 4 N–H and O–H groups in total. The molecule has 0 heterocycles. The number of carbonyl (C=O) groups is 1. The Morgan fingerprint density at radius 2 is 2.00 bits per heavy atom. The van der Waals surface area contributed by atoms with Gasteiger partial charge in [0.25, 0.3) is 0 Å². The minimum absolute atomic E-state index is 0.118. The summed E-state index contributed by atoms with van der Waals surface area (Å²) >= 11 is 0. The minimum atomic E-state index is -1.21. The molecule has 0 fully saturated rings. The quantitative estimate of drug-likeness (QED) is 0.720. The molecular formula is C10H12F2N2O2. The molecule has 0 saturated carbocycles. The zero-order valence-corrected chi connectivity index (χ0v) is 8.63. The molecule has 0 aliphatic rings. The van der Waals surface area contributed by atoms with Gasteiger partial charge in [-0.25, -0.2) is 8.78 Å². The number of hydrogen-bond donors (Lipinski definition) is 3. The Kier molecular flexibility index (Phi) is 3.78. The molecule has 88 valence electrons. The van der Waals surface area contributed by atoms with Crippen LogP contribution in [0.5, 0.6) is 0 Å². The lowest BCUT2D eigenvalue weighted by Gasteiger charge is -2.09. The Hall–Kier alpha value is -1.69. The first kappa shape index (κ1) is 12.4. The van der Waals surface area contributed by atoms with Gasteiger partial charge in [0.1, 0.15) is 23.4 Å². The van der Waals surface area contributed by atoms with E-state index < -0.39 is 23.6 Å². The van der Waals surface area contributed by atoms with Crippen molar-refractivity contribution < 1.29 is 18.7 Å². The molecule has 0 amide bonds. The van der Waals surface area contributed by atoms with Crippen LogP contribution in [-0.2, 0) is 11.2 Å². The highest BCUT2D eigenvalue weighted by Gasteiger charge is 2.15. The third kappa shape index (κ3) is 2.66. The van der Waals surface area contributed by atoms with Crippen molar-refractivity contribution in [2.75, 3.05) is 12.4 Å². The van der Waals surface area contributed by atoms with Crippen LogP contribution >= 0.6 is 0 Å². The fourth-order valence-electron chi connectivity index (χ4n) is 1.32. The van der Waals surface area contributed by atoms with Gasteiger partial charge >= 0.3 is 5.97 Å². The van der Waals surface area contributed by atoms with Crippen molar-refractivity contribution in [3.8, 4) is 0 Å². The van der Waals surface area contributed by atoms with E-state index in [2.05, 4.69) is 5.32 Å². The topological polar surface area (TPSA) is 75.3 Å². The van der Waals surface area contributed by atoms with Crippen molar-refractivity contribution in [3.05, 3.63) is 29.3 Å². The second-order valence-corrected chi connectivity index (χ2v) is 3.33. The van der Waals surface area contributed by atoms with Crippen LogP contribution in [0.1, 0.15) is 5.56 Å². The predicted molar refractivity (Wildman–Crippen MR) is 55.2 cm³/mol. The van der Waals surface area contributed by atoms with Crippen LogP contribution in [0.3, 0.4) is 0 Å². The van der Waals surface area contributed by atoms with Crippen molar-refractivity contribution in [1.82, 2.24) is 0 Å². The van der Waals surface area contributed by atoms with Crippen LogP contribution < -0.4 is 11.1 Å². The molecule has 6 heteroatoms. The fraction of sp³-hybridized carbons (Fsp3) is 0.300. The lowest BCUT2D eigenvalue weighted by molar-refractivity contribution is -0.138. The van der Waals surface area contributed by atoms with Crippen molar-refractivity contribution >= 4 is 11.7 Å². The van der Waals surface area contributed by atoms with Crippen molar-refractivity contribution in [1.29, 1.82) is 0 Å². The Labute approximate surface area is 91.1 Å². The van der Waals surface area contributed by atoms with Gasteiger partial charge in [0, 0.05) is 7.05 Å². The second kappa shape index (κ2) is 4.89. The maximum absolute atomic E-state index is 13.3. The number of nitrogens with one attached hydrogen (secondary N) is 1. The summed E-state index contributed by atoms with van der Waals surface area (Å²) in [6, 6.07) is 0.967. The lowest BCUT2D eigenvalue weighted by atomic mass is 10.1. The Morgan fingerprint density at radius 3 is 2.38 bits per heavy atom. The van der Waals surface area contributed by atoms with Gasteiger partial charge in [-0.2, -0.15) is 0 Å². The van der Waals surface area contributed by atoms with Crippen molar-refractivity contribution in [2.24, 2.45) is 5.73 Å². The van der Waals surface area contributed by atoms with Gasteiger partial charge < -0.3 is 16.2 Å². The molecule has 0 aromatic heterocycles. The standard InChI is InChI=1S/C10H12F2N2O2/c1-14-9-6(11)2-5(3-7(9)12)4-8(13)10(15)16/h2-3,8,14H,4,13H2,1H3,(H,15,16). The highest BCUT2D eigenvalue weighted by Crippen LogP contribution is 2.20. The molecule has 0 bridgehead atoms.